The van der Waals surface area contributed by atoms with E-state index in [-0.39, 0.29) is 5.97 Å². The highest BCUT2D eigenvalue weighted by atomic mass is 16.5. The lowest BCUT2D eigenvalue weighted by Crippen LogP contribution is -2.55. The standard InChI is InChI=1S/C12H22N2O2/c1-12(11(15)16-2)7-9(4-6-14-12)10-3-5-13-8-10/h9-10,13-14H,3-8H2,1-2H3. The van der Waals surface area contributed by atoms with Crippen LogP contribution in [0, 0.1) is 11.8 Å². The fourth-order valence-corrected chi connectivity index (χ4v) is 3.09. The van der Waals surface area contributed by atoms with Crippen molar-refractivity contribution in [2.24, 2.45) is 11.8 Å². The molecule has 4 nitrogen and oxygen atoms in total. The number of carbonyl (C=O) groups is 1. The number of methoxy groups -OCH3 is 1. The summed E-state index contributed by atoms with van der Waals surface area (Å²) in [5, 5.41) is 6.71. The molecule has 0 bridgehead atoms. The molecule has 3 unspecified atom stereocenters. The van der Waals surface area contributed by atoms with Crippen LogP contribution in [0.2, 0.25) is 0 Å². The largest absolute Gasteiger partial charge is 0.468 e. The van der Waals surface area contributed by atoms with Crippen LogP contribution in [-0.4, -0.2) is 38.3 Å². The average molecular weight is 226 g/mol. The number of carbonyl (C=O) groups excluding carboxylic acids is 1. The maximum atomic E-state index is 11.7. The zero-order valence-corrected chi connectivity index (χ0v) is 10.2. The number of hydrogen-bond donors (Lipinski definition) is 2. The van der Waals surface area contributed by atoms with Gasteiger partial charge in [-0.2, -0.15) is 0 Å². The second-order valence-electron chi connectivity index (χ2n) is 5.26. The first-order chi connectivity index (χ1) is 7.65. The number of esters is 1. The third-order valence-electron chi connectivity index (χ3n) is 4.10. The number of nitrogens with one attached hydrogen (secondary N) is 2. The molecule has 4 heteroatoms. The number of piperidine rings is 1. The van der Waals surface area contributed by atoms with E-state index in [4.69, 9.17) is 4.74 Å². The Labute approximate surface area is 97.1 Å². The van der Waals surface area contributed by atoms with Crippen LogP contribution in [0.25, 0.3) is 0 Å². The Morgan fingerprint density at radius 2 is 2.06 bits per heavy atom. The van der Waals surface area contributed by atoms with Crippen molar-refractivity contribution in [2.75, 3.05) is 26.7 Å². The van der Waals surface area contributed by atoms with Gasteiger partial charge in [0.2, 0.25) is 0 Å². The Hall–Kier alpha value is -0.610. The Bertz CT molecular complexity index is 264. The Morgan fingerprint density at radius 1 is 1.31 bits per heavy atom. The van der Waals surface area contributed by atoms with E-state index in [2.05, 4.69) is 10.6 Å². The van der Waals surface area contributed by atoms with Gasteiger partial charge < -0.3 is 15.4 Å². The zero-order valence-electron chi connectivity index (χ0n) is 10.2. The van der Waals surface area contributed by atoms with Gasteiger partial charge in [-0.1, -0.05) is 0 Å². The van der Waals surface area contributed by atoms with Crippen molar-refractivity contribution >= 4 is 5.97 Å². The molecule has 2 aliphatic rings. The average Bonchev–Trinajstić information content (AvgIpc) is 2.81. The molecule has 2 saturated heterocycles. The summed E-state index contributed by atoms with van der Waals surface area (Å²) in [4.78, 5) is 11.7. The molecule has 0 aromatic rings. The van der Waals surface area contributed by atoms with Crippen LogP contribution in [0.15, 0.2) is 0 Å². The molecule has 0 aliphatic carbocycles. The first-order valence-corrected chi connectivity index (χ1v) is 6.20. The minimum atomic E-state index is -0.472. The third-order valence-corrected chi connectivity index (χ3v) is 4.10. The van der Waals surface area contributed by atoms with E-state index < -0.39 is 5.54 Å². The molecule has 2 rings (SSSR count). The summed E-state index contributed by atoms with van der Waals surface area (Å²) in [5.41, 5.74) is -0.472. The molecule has 0 saturated carbocycles. The molecule has 2 aliphatic heterocycles. The van der Waals surface area contributed by atoms with E-state index in [9.17, 15) is 4.79 Å². The second kappa shape index (κ2) is 4.72. The van der Waals surface area contributed by atoms with Gasteiger partial charge in [0.1, 0.15) is 5.54 Å². The summed E-state index contributed by atoms with van der Waals surface area (Å²) in [6.45, 7) is 5.13. The monoisotopic (exact) mass is 226 g/mol. The molecule has 2 heterocycles. The topological polar surface area (TPSA) is 50.4 Å². The molecule has 92 valence electrons. The predicted octanol–water partition coefficient (Wildman–Crippen LogP) is 0.527. The Balaban J connectivity index is 2.00. The van der Waals surface area contributed by atoms with Crippen molar-refractivity contribution in [1.82, 2.24) is 10.6 Å². The second-order valence-corrected chi connectivity index (χ2v) is 5.26. The summed E-state index contributed by atoms with van der Waals surface area (Å²) < 4.78 is 4.89. The zero-order chi connectivity index (χ0) is 11.6. The van der Waals surface area contributed by atoms with Gasteiger partial charge in [0.25, 0.3) is 0 Å². The molecule has 2 N–H and O–H groups in total. The predicted molar refractivity (Wildman–Crippen MR) is 62.1 cm³/mol. The fourth-order valence-electron chi connectivity index (χ4n) is 3.09. The molecule has 2 fully saturated rings. The fraction of sp³-hybridized carbons (Fsp3) is 0.917. The maximum absolute atomic E-state index is 11.7. The lowest BCUT2D eigenvalue weighted by Gasteiger charge is -2.39. The molecule has 16 heavy (non-hydrogen) atoms. The van der Waals surface area contributed by atoms with Gasteiger partial charge in [-0.3, -0.25) is 4.79 Å². The van der Waals surface area contributed by atoms with Gasteiger partial charge in [-0.15, -0.1) is 0 Å². The van der Waals surface area contributed by atoms with E-state index in [1.54, 1.807) is 0 Å². The molecule has 0 radical (unpaired) electrons. The minimum Gasteiger partial charge on any atom is -0.468 e. The van der Waals surface area contributed by atoms with Crippen molar-refractivity contribution < 1.29 is 9.53 Å². The summed E-state index contributed by atoms with van der Waals surface area (Å²) >= 11 is 0. The molecule has 0 aromatic heterocycles. The minimum absolute atomic E-state index is 0.122. The van der Waals surface area contributed by atoms with Crippen LogP contribution in [0.3, 0.4) is 0 Å². The van der Waals surface area contributed by atoms with Crippen molar-refractivity contribution in [2.45, 2.75) is 31.7 Å². The molecular formula is C12H22N2O2. The normalized spacial score (nSPS) is 39.6. The quantitative estimate of drug-likeness (QED) is 0.674. The van der Waals surface area contributed by atoms with Gasteiger partial charge in [-0.05, 0) is 57.7 Å². The van der Waals surface area contributed by atoms with Crippen LogP contribution >= 0.6 is 0 Å². The third kappa shape index (κ3) is 2.23. The van der Waals surface area contributed by atoms with E-state index >= 15 is 0 Å². The highest BCUT2D eigenvalue weighted by Gasteiger charge is 2.41. The SMILES string of the molecule is COC(=O)C1(C)CC(C2CCNC2)CCN1. The van der Waals surface area contributed by atoms with E-state index in [0.717, 1.165) is 32.0 Å². The van der Waals surface area contributed by atoms with Crippen molar-refractivity contribution in [3.63, 3.8) is 0 Å². The van der Waals surface area contributed by atoms with E-state index in [1.807, 2.05) is 6.92 Å². The van der Waals surface area contributed by atoms with E-state index in [1.165, 1.54) is 20.0 Å². The number of hydrogen-bond acceptors (Lipinski definition) is 4. The van der Waals surface area contributed by atoms with Crippen molar-refractivity contribution in [3.05, 3.63) is 0 Å². The van der Waals surface area contributed by atoms with Crippen molar-refractivity contribution in [1.29, 1.82) is 0 Å². The lowest BCUT2D eigenvalue weighted by molar-refractivity contribution is -0.149. The first-order valence-electron chi connectivity index (χ1n) is 6.20. The highest BCUT2D eigenvalue weighted by Crippen LogP contribution is 2.33. The molecule has 3 atom stereocenters. The van der Waals surface area contributed by atoms with Gasteiger partial charge in [-0.25, -0.2) is 0 Å². The maximum Gasteiger partial charge on any atom is 0.325 e. The smallest absolute Gasteiger partial charge is 0.325 e. The summed E-state index contributed by atoms with van der Waals surface area (Å²) in [6, 6.07) is 0. The van der Waals surface area contributed by atoms with Crippen molar-refractivity contribution in [3.8, 4) is 0 Å². The van der Waals surface area contributed by atoms with Crippen LogP contribution in [-0.2, 0) is 9.53 Å². The van der Waals surface area contributed by atoms with Crippen LogP contribution in [0.5, 0.6) is 0 Å². The Morgan fingerprint density at radius 3 is 2.69 bits per heavy atom. The molecule has 0 spiro atoms. The molecule has 0 aromatic carbocycles. The molecular weight excluding hydrogens is 204 g/mol. The number of rotatable bonds is 2. The molecule has 0 amide bonds. The van der Waals surface area contributed by atoms with Crippen LogP contribution in [0.1, 0.15) is 26.2 Å². The van der Waals surface area contributed by atoms with E-state index in [0.29, 0.717) is 5.92 Å². The number of ether oxygens (including phenoxy) is 1. The summed E-state index contributed by atoms with van der Waals surface area (Å²) in [7, 11) is 1.47. The summed E-state index contributed by atoms with van der Waals surface area (Å²) in [6.07, 6.45) is 3.34. The lowest BCUT2D eigenvalue weighted by atomic mass is 9.76. The van der Waals surface area contributed by atoms with Crippen LogP contribution in [0.4, 0.5) is 0 Å². The Kier molecular flexibility index (Phi) is 3.50. The van der Waals surface area contributed by atoms with Gasteiger partial charge in [0.05, 0.1) is 7.11 Å². The first kappa shape index (κ1) is 11.9. The van der Waals surface area contributed by atoms with Gasteiger partial charge >= 0.3 is 5.97 Å². The van der Waals surface area contributed by atoms with Gasteiger partial charge in [0, 0.05) is 0 Å². The van der Waals surface area contributed by atoms with Gasteiger partial charge in [0.15, 0.2) is 0 Å². The van der Waals surface area contributed by atoms with Crippen LogP contribution < -0.4 is 10.6 Å². The highest BCUT2D eigenvalue weighted by molar-refractivity contribution is 5.80. The summed E-state index contributed by atoms with van der Waals surface area (Å²) in [5.74, 6) is 1.27.